The van der Waals surface area contributed by atoms with E-state index in [1.807, 2.05) is 6.92 Å². The molecule has 0 aliphatic carbocycles. The molecule has 0 bridgehead atoms. The fraction of sp³-hybridized carbons (Fsp3) is 0.875. The number of rotatable bonds is 4. The van der Waals surface area contributed by atoms with Crippen molar-refractivity contribution in [2.45, 2.75) is 32.2 Å². The highest BCUT2D eigenvalue weighted by atomic mass is 19.3. The van der Waals surface area contributed by atoms with Gasteiger partial charge in [0.2, 0.25) is 5.91 Å². The first-order chi connectivity index (χ1) is 6.15. The van der Waals surface area contributed by atoms with Crippen molar-refractivity contribution in [2.24, 2.45) is 0 Å². The van der Waals surface area contributed by atoms with Crippen LogP contribution in [0.3, 0.4) is 0 Å². The van der Waals surface area contributed by atoms with E-state index in [4.69, 9.17) is 0 Å². The van der Waals surface area contributed by atoms with E-state index in [1.54, 1.807) is 0 Å². The maximum atomic E-state index is 12.0. The van der Waals surface area contributed by atoms with E-state index in [-0.39, 0.29) is 18.6 Å². The van der Waals surface area contributed by atoms with Crippen LogP contribution in [0.5, 0.6) is 0 Å². The lowest BCUT2D eigenvalue weighted by Crippen LogP contribution is -2.33. The Hall–Kier alpha value is -0.710. The predicted octanol–water partition coefficient (Wildman–Crippen LogP) is 0.809. The van der Waals surface area contributed by atoms with Crippen LogP contribution in [-0.4, -0.2) is 36.5 Å². The molecular weight excluding hydrogens is 178 g/mol. The third kappa shape index (κ3) is 2.62. The van der Waals surface area contributed by atoms with Crippen LogP contribution in [0.4, 0.5) is 8.78 Å². The molecule has 0 aromatic carbocycles. The summed E-state index contributed by atoms with van der Waals surface area (Å²) in [7, 11) is 0. The molecule has 0 saturated carbocycles. The fourth-order valence-electron chi connectivity index (χ4n) is 1.44. The Morgan fingerprint density at radius 2 is 2.38 bits per heavy atom. The molecule has 1 aliphatic rings. The van der Waals surface area contributed by atoms with Gasteiger partial charge >= 0.3 is 0 Å². The Morgan fingerprint density at radius 1 is 1.69 bits per heavy atom. The third-order valence-electron chi connectivity index (χ3n) is 2.07. The second-order valence-electron chi connectivity index (χ2n) is 3.16. The number of carbonyl (C=O) groups is 1. The number of halogens is 2. The molecule has 1 rings (SSSR count). The standard InChI is InChI=1S/C8H14F2N2O/c1-2-3-6-8(13)12(5-11-6)4-7(9)10/h6-7,11H,2-5H2,1H3. The first-order valence-electron chi connectivity index (χ1n) is 4.45. The van der Waals surface area contributed by atoms with E-state index in [1.165, 1.54) is 4.90 Å². The molecule has 1 aliphatic heterocycles. The van der Waals surface area contributed by atoms with Crippen LogP contribution in [0.2, 0.25) is 0 Å². The molecule has 1 unspecified atom stereocenters. The number of alkyl halides is 2. The summed E-state index contributed by atoms with van der Waals surface area (Å²) in [6.45, 7) is 1.77. The van der Waals surface area contributed by atoms with Gasteiger partial charge in [0.25, 0.3) is 6.43 Å². The summed E-state index contributed by atoms with van der Waals surface area (Å²) < 4.78 is 23.9. The monoisotopic (exact) mass is 192 g/mol. The van der Waals surface area contributed by atoms with E-state index < -0.39 is 13.0 Å². The molecule has 13 heavy (non-hydrogen) atoms. The van der Waals surface area contributed by atoms with Gasteiger partial charge < -0.3 is 4.90 Å². The molecule has 1 fully saturated rings. The van der Waals surface area contributed by atoms with Crippen LogP contribution in [0.15, 0.2) is 0 Å². The summed E-state index contributed by atoms with van der Waals surface area (Å²) in [4.78, 5) is 12.5. The van der Waals surface area contributed by atoms with Crippen molar-refractivity contribution >= 4 is 5.91 Å². The van der Waals surface area contributed by atoms with Gasteiger partial charge in [-0.05, 0) is 6.42 Å². The zero-order valence-electron chi connectivity index (χ0n) is 7.59. The van der Waals surface area contributed by atoms with Gasteiger partial charge in [-0.25, -0.2) is 8.78 Å². The van der Waals surface area contributed by atoms with Crippen molar-refractivity contribution in [3.63, 3.8) is 0 Å². The molecule has 3 nitrogen and oxygen atoms in total. The van der Waals surface area contributed by atoms with Crippen LogP contribution >= 0.6 is 0 Å². The van der Waals surface area contributed by atoms with E-state index in [2.05, 4.69) is 5.32 Å². The molecule has 0 aromatic rings. The second-order valence-corrected chi connectivity index (χ2v) is 3.16. The molecular formula is C8H14F2N2O. The van der Waals surface area contributed by atoms with Gasteiger partial charge in [-0.1, -0.05) is 13.3 Å². The minimum atomic E-state index is -2.44. The van der Waals surface area contributed by atoms with Gasteiger partial charge in [0, 0.05) is 0 Å². The second kappa shape index (κ2) is 4.50. The highest BCUT2D eigenvalue weighted by molar-refractivity contribution is 5.83. The quantitative estimate of drug-likeness (QED) is 0.714. The predicted molar refractivity (Wildman–Crippen MR) is 44.4 cm³/mol. The van der Waals surface area contributed by atoms with Crippen LogP contribution in [0.25, 0.3) is 0 Å². The summed E-state index contributed by atoms with van der Waals surface area (Å²) in [6.07, 6.45) is -0.837. The largest absolute Gasteiger partial charge is 0.323 e. The van der Waals surface area contributed by atoms with Crippen molar-refractivity contribution in [3.8, 4) is 0 Å². The SMILES string of the molecule is CCCC1NCN(CC(F)F)C1=O. The van der Waals surface area contributed by atoms with Gasteiger partial charge in [-0.2, -0.15) is 0 Å². The number of hydrogen-bond acceptors (Lipinski definition) is 2. The molecule has 0 spiro atoms. The molecule has 1 atom stereocenters. The van der Waals surface area contributed by atoms with Gasteiger partial charge in [-0.3, -0.25) is 10.1 Å². The van der Waals surface area contributed by atoms with Gasteiger partial charge in [0.1, 0.15) is 0 Å². The summed E-state index contributed by atoms with van der Waals surface area (Å²) in [5, 5.41) is 2.91. The lowest BCUT2D eigenvalue weighted by atomic mass is 10.2. The normalized spacial score (nSPS) is 23.2. The smallest absolute Gasteiger partial charge is 0.255 e. The lowest BCUT2D eigenvalue weighted by Gasteiger charge is -2.13. The summed E-state index contributed by atoms with van der Waals surface area (Å²) in [5.41, 5.74) is 0. The molecule has 1 heterocycles. The Balaban J connectivity index is 2.40. The van der Waals surface area contributed by atoms with Crippen LogP contribution in [-0.2, 0) is 4.79 Å². The van der Waals surface area contributed by atoms with Crippen molar-refractivity contribution in [3.05, 3.63) is 0 Å². The molecule has 76 valence electrons. The van der Waals surface area contributed by atoms with Crippen LogP contribution in [0.1, 0.15) is 19.8 Å². The molecule has 0 radical (unpaired) electrons. The Bertz CT molecular complexity index is 187. The highest BCUT2D eigenvalue weighted by Gasteiger charge is 2.31. The third-order valence-corrected chi connectivity index (χ3v) is 2.07. The molecule has 5 heteroatoms. The van der Waals surface area contributed by atoms with E-state index >= 15 is 0 Å². The molecule has 1 N–H and O–H groups in total. The molecule has 0 aromatic heterocycles. The van der Waals surface area contributed by atoms with Crippen molar-refractivity contribution in [1.29, 1.82) is 0 Å². The van der Waals surface area contributed by atoms with Crippen molar-refractivity contribution in [2.75, 3.05) is 13.2 Å². The van der Waals surface area contributed by atoms with E-state index in [0.717, 1.165) is 12.8 Å². The minimum absolute atomic E-state index is 0.192. The number of carbonyl (C=O) groups excluding carboxylic acids is 1. The van der Waals surface area contributed by atoms with E-state index in [9.17, 15) is 13.6 Å². The Morgan fingerprint density at radius 3 is 2.92 bits per heavy atom. The number of hydrogen-bond donors (Lipinski definition) is 1. The summed E-state index contributed by atoms with van der Waals surface area (Å²) in [5.74, 6) is -0.192. The average molecular weight is 192 g/mol. The zero-order valence-corrected chi connectivity index (χ0v) is 7.59. The van der Waals surface area contributed by atoms with Gasteiger partial charge in [-0.15, -0.1) is 0 Å². The average Bonchev–Trinajstić information content (AvgIpc) is 2.36. The first-order valence-corrected chi connectivity index (χ1v) is 4.45. The fourth-order valence-corrected chi connectivity index (χ4v) is 1.44. The number of nitrogens with zero attached hydrogens (tertiary/aromatic N) is 1. The van der Waals surface area contributed by atoms with Gasteiger partial charge in [0.15, 0.2) is 0 Å². The lowest BCUT2D eigenvalue weighted by molar-refractivity contribution is -0.130. The maximum Gasteiger partial charge on any atom is 0.255 e. The van der Waals surface area contributed by atoms with Gasteiger partial charge in [0.05, 0.1) is 19.3 Å². The van der Waals surface area contributed by atoms with E-state index in [0.29, 0.717) is 0 Å². The zero-order chi connectivity index (χ0) is 9.84. The summed E-state index contributed by atoms with van der Waals surface area (Å²) in [6, 6.07) is -0.247. The highest BCUT2D eigenvalue weighted by Crippen LogP contribution is 2.10. The minimum Gasteiger partial charge on any atom is -0.323 e. The topological polar surface area (TPSA) is 32.3 Å². The Kier molecular flexibility index (Phi) is 3.59. The summed E-state index contributed by atoms with van der Waals surface area (Å²) >= 11 is 0. The maximum absolute atomic E-state index is 12.0. The molecule has 1 amide bonds. The molecule has 1 saturated heterocycles. The van der Waals surface area contributed by atoms with Crippen molar-refractivity contribution in [1.82, 2.24) is 10.2 Å². The number of nitrogens with one attached hydrogen (secondary N) is 1. The first kappa shape index (κ1) is 10.4. The van der Waals surface area contributed by atoms with Crippen LogP contribution in [0, 0.1) is 0 Å². The Labute approximate surface area is 76.1 Å². The number of amides is 1. The van der Waals surface area contributed by atoms with Crippen molar-refractivity contribution < 1.29 is 13.6 Å². The van der Waals surface area contributed by atoms with Crippen LogP contribution < -0.4 is 5.32 Å².